The molecule has 28 heavy (non-hydrogen) atoms. The van der Waals surface area contributed by atoms with E-state index in [0.29, 0.717) is 12.2 Å². The van der Waals surface area contributed by atoms with Crippen LogP contribution >= 0.6 is 0 Å². The fraction of sp³-hybridized carbons (Fsp3) is 0.650. The molecule has 0 saturated heterocycles. The Morgan fingerprint density at radius 2 is 1.96 bits per heavy atom. The molecule has 156 valence electrons. The van der Waals surface area contributed by atoms with Crippen LogP contribution in [0.3, 0.4) is 0 Å². The van der Waals surface area contributed by atoms with Gasteiger partial charge < -0.3 is 14.9 Å². The summed E-state index contributed by atoms with van der Waals surface area (Å²) in [6.07, 6.45) is 8.89. The number of ether oxygens (including phenoxy) is 1. The maximum Gasteiger partial charge on any atom is 0.328 e. The van der Waals surface area contributed by atoms with Crippen LogP contribution in [-0.2, 0) is 22.6 Å². The second-order valence-corrected chi connectivity index (χ2v) is 7.26. The zero-order valence-electron chi connectivity index (χ0n) is 16.5. The summed E-state index contributed by atoms with van der Waals surface area (Å²) in [4.78, 5) is 21.7. The normalized spacial score (nSPS) is 15.8. The predicted molar refractivity (Wildman–Crippen MR) is 105 cm³/mol. The highest BCUT2D eigenvalue weighted by atomic mass is 16.5. The molecule has 0 spiro atoms. The van der Waals surface area contributed by atoms with E-state index in [-0.39, 0.29) is 0 Å². The molecule has 3 rings (SSSR count). The van der Waals surface area contributed by atoms with Crippen molar-refractivity contribution < 1.29 is 24.5 Å². The molecule has 1 aliphatic heterocycles. The molecule has 1 fully saturated rings. The summed E-state index contributed by atoms with van der Waals surface area (Å²) >= 11 is 0. The van der Waals surface area contributed by atoms with Gasteiger partial charge in [0.05, 0.1) is 0 Å². The quantitative estimate of drug-likeness (QED) is 0.588. The molecule has 0 atom stereocenters. The lowest BCUT2D eigenvalue weighted by molar-refractivity contribution is -0.134. The molecular weight excluding hydrogens is 362 g/mol. The third-order valence-electron chi connectivity index (χ3n) is 4.67. The van der Waals surface area contributed by atoms with Crippen molar-refractivity contribution >= 4 is 11.9 Å². The predicted octanol–water partition coefficient (Wildman–Crippen LogP) is 2.43. The molecule has 2 aliphatic rings. The molecule has 2 N–H and O–H groups in total. The number of aliphatic carboxylic acids is 2. The van der Waals surface area contributed by atoms with E-state index in [4.69, 9.17) is 14.9 Å². The average molecular weight is 393 g/mol. The summed E-state index contributed by atoms with van der Waals surface area (Å²) in [5.41, 5.74) is 1.34. The SMILES string of the molecule is CCCN(CCOc1cc2n(n1)CCCC2)CC1CC1.O=C(O)/C=C\C(=O)O. The first-order valence-electron chi connectivity index (χ1n) is 10.0. The van der Waals surface area contributed by atoms with Crippen LogP contribution in [0.25, 0.3) is 0 Å². The lowest BCUT2D eigenvalue weighted by Gasteiger charge is -2.21. The molecule has 2 heterocycles. The number of rotatable bonds is 10. The summed E-state index contributed by atoms with van der Waals surface area (Å²) in [6, 6.07) is 2.13. The Balaban J connectivity index is 0.000000300. The van der Waals surface area contributed by atoms with E-state index in [0.717, 1.165) is 37.9 Å². The van der Waals surface area contributed by atoms with Gasteiger partial charge in [0.1, 0.15) is 6.61 Å². The molecule has 0 bridgehead atoms. The lowest BCUT2D eigenvalue weighted by atomic mass is 10.1. The first-order valence-corrected chi connectivity index (χ1v) is 10.0. The molecule has 8 nitrogen and oxygen atoms in total. The second-order valence-electron chi connectivity index (χ2n) is 7.26. The minimum Gasteiger partial charge on any atom is -0.478 e. The van der Waals surface area contributed by atoms with Crippen LogP contribution in [0.4, 0.5) is 0 Å². The van der Waals surface area contributed by atoms with Crippen LogP contribution < -0.4 is 4.74 Å². The van der Waals surface area contributed by atoms with Gasteiger partial charge in [0, 0.05) is 43.5 Å². The maximum absolute atomic E-state index is 9.55. The zero-order valence-corrected chi connectivity index (χ0v) is 16.5. The van der Waals surface area contributed by atoms with Crippen molar-refractivity contribution in [1.29, 1.82) is 0 Å². The average Bonchev–Trinajstić information content (AvgIpc) is 3.37. The number of carbonyl (C=O) groups is 2. The van der Waals surface area contributed by atoms with E-state index >= 15 is 0 Å². The Morgan fingerprint density at radius 1 is 1.25 bits per heavy atom. The summed E-state index contributed by atoms with van der Waals surface area (Å²) in [7, 11) is 0. The van der Waals surface area contributed by atoms with Gasteiger partial charge in [-0.2, -0.15) is 0 Å². The number of fused-ring (bicyclic) bond motifs is 1. The fourth-order valence-corrected chi connectivity index (χ4v) is 3.16. The van der Waals surface area contributed by atoms with E-state index in [1.165, 1.54) is 50.9 Å². The van der Waals surface area contributed by atoms with Gasteiger partial charge in [-0.1, -0.05) is 6.92 Å². The lowest BCUT2D eigenvalue weighted by Crippen LogP contribution is -2.31. The third-order valence-corrected chi connectivity index (χ3v) is 4.67. The minimum atomic E-state index is -1.26. The highest BCUT2D eigenvalue weighted by Gasteiger charge is 2.23. The van der Waals surface area contributed by atoms with E-state index in [1.807, 2.05) is 0 Å². The Bertz CT molecular complexity index is 627. The summed E-state index contributed by atoms with van der Waals surface area (Å²) in [5, 5.41) is 20.2. The minimum absolute atomic E-state index is 0.558. The van der Waals surface area contributed by atoms with Crippen molar-refractivity contribution in [2.24, 2.45) is 5.92 Å². The number of hydrogen-bond acceptors (Lipinski definition) is 5. The summed E-state index contributed by atoms with van der Waals surface area (Å²) < 4.78 is 7.98. The van der Waals surface area contributed by atoms with Crippen molar-refractivity contribution in [2.75, 3.05) is 26.2 Å². The molecule has 8 heteroatoms. The number of aromatic nitrogens is 2. The number of hydrogen-bond donors (Lipinski definition) is 2. The number of carboxylic acids is 2. The molecule has 1 saturated carbocycles. The van der Waals surface area contributed by atoms with Crippen molar-refractivity contribution in [3.05, 3.63) is 23.9 Å². The third kappa shape index (κ3) is 8.56. The van der Waals surface area contributed by atoms with E-state index < -0.39 is 11.9 Å². The number of carboxylic acid groups (broad SMARTS) is 2. The highest BCUT2D eigenvalue weighted by molar-refractivity contribution is 5.89. The van der Waals surface area contributed by atoms with Crippen LogP contribution in [0.5, 0.6) is 5.88 Å². The van der Waals surface area contributed by atoms with Crippen LogP contribution in [0.2, 0.25) is 0 Å². The molecule has 0 radical (unpaired) electrons. The summed E-state index contributed by atoms with van der Waals surface area (Å²) in [6.45, 7) is 7.57. The topological polar surface area (TPSA) is 105 Å². The van der Waals surface area contributed by atoms with E-state index in [2.05, 4.69) is 27.7 Å². The zero-order chi connectivity index (χ0) is 20.4. The van der Waals surface area contributed by atoms with E-state index in [9.17, 15) is 9.59 Å². The molecule has 0 amide bonds. The Kier molecular flexibility index (Phi) is 9.00. The summed E-state index contributed by atoms with van der Waals surface area (Å²) in [5.74, 6) is -0.731. The monoisotopic (exact) mass is 393 g/mol. The van der Waals surface area contributed by atoms with Gasteiger partial charge in [-0.05, 0) is 51.0 Å². The highest BCUT2D eigenvalue weighted by Crippen LogP contribution is 2.29. The standard InChI is InChI=1S/C16H27N3O.C4H4O4/c1-2-8-18(13-14-6-7-14)10-11-20-16-12-15-5-3-4-9-19(15)17-16;5-3(6)1-2-4(7)8/h12,14H,2-11,13H2,1H3;1-2H,(H,5,6)(H,7,8)/b;2-1-. The van der Waals surface area contributed by atoms with Gasteiger partial charge in [0.2, 0.25) is 5.88 Å². The molecule has 1 aromatic rings. The van der Waals surface area contributed by atoms with Crippen molar-refractivity contribution in [1.82, 2.24) is 14.7 Å². The number of aryl methyl sites for hydroxylation is 2. The first kappa shape index (κ1) is 21.9. The molecule has 1 aromatic heterocycles. The smallest absolute Gasteiger partial charge is 0.328 e. The van der Waals surface area contributed by atoms with Crippen molar-refractivity contribution in [3.63, 3.8) is 0 Å². The van der Waals surface area contributed by atoms with Gasteiger partial charge >= 0.3 is 11.9 Å². The van der Waals surface area contributed by atoms with Gasteiger partial charge in [0.15, 0.2) is 0 Å². The van der Waals surface area contributed by atoms with Crippen LogP contribution in [0.1, 0.15) is 44.7 Å². The fourth-order valence-electron chi connectivity index (χ4n) is 3.16. The maximum atomic E-state index is 9.55. The van der Waals surface area contributed by atoms with Gasteiger partial charge in [-0.25, -0.2) is 9.59 Å². The van der Waals surface area contributed by atoms with Crippen molar-refractivity contribution in [2.45, 2.75) is 52.0 Å². The van der Waals surface area contributed by atoms with Gasteiger partial charge in [0.25, 0.3) is 0 Å². The van der Waals surface area contributed by atoms with Gasteiger partial charge in [-0.3, -0.25) is 9.58 Å². The second kappa shape index (κ2) is 11.5. The van der Waals surface area contributed by atoms with Crippen LogP contribution in [-0.4, -0.2) is 63.1 Å². The Labute approximate surface area is 165 Å². The van der Waals surface area contributed by atoms with E-state index in [1.54, 1.807) is 0 Å². The Morgan fingerprint density at radius 3 is 2.54 bits per heavy atom. The van der Waals surface area contributed by atoms with Gasteiger partial charge in [-0.15, -0.1) is 5.10 Å². The first-order chi connectivity index (χ1) is 13.5. The van der Waals surface area contributed by atoms with Crippen molar-refractivity contribution in [3.8, 4) is 5.88 Å². The largest absolute Gasteiger partial charge is 0.478 e. The molecule has 1 aliphatic carbocycles. The Hall–Kier alpha value is -2.35. The molecule has 0 aromatic carbocycles. The molecule has 0 unspecified atom stereocenters. The number of nitrogens with zero attached hydrogens (tertiary/aromatic N) is 3. The molecular formula is C20H31N3O5. The van der Waals surface area contributed by atoms with Crippen LogP contribution in [0.15, 0.2) is 18.2 Å². The van der Waals surface area contributed by atoms with Crippen LogP contribution in [0, 0.1) is 5.92 Å².